The zero-order chi connectivity index (χ0) is 18.2. The van der Waals surface area contributed by atoms with Gasteiger partial charge in [-0.25, -0.2) is 4.79 Å². The number of carbonyl (C=O) groups excluding carboxylic acids is 1. The van der Waals surface area contributed by atoms with Gasteiger partial charge in [0, 0.05) is 30.8 Å². The van der Waals surface area contributed by atoms with Gasteiger partial charge in [0.2, 0.25) is 0 Å². The number of para-hydroxylation sites is 1. The molecule has 0 unspecified atom stereocenters. The molecule has 0 aliphatic carbocycles. The number of thioether (sulfide) groups is 1. The predicted octanol–water partition coefficient (Wildman–Crippen LogP) is 4.31. The Morgan fingerprint density at radius 1 is 1.00 bits per heavy atom. The largest absolute Gasteiger partial charge is 0.326 e. The van der Waals surface area contributed by atoms with Crippen molar-refractivity contribution >= 4 is 23.5 Å². The maximum absolute atomic E-state index is 12.4. The molecule has 0 atom stereocenters. The number of aryl methyl sites for hydroxylation is 1. The van der Waals surface area contributed by atoms with Crippen molar-refractivity contribution in [2.24, 2.45) is 0 Å². The lowest BCUT2D eigenvalue weighted by molar-refractivity contribution is 0.217. The second-order valence-corrected chi connectivity index (χ2v) is 7.44. The molecule has 25 heavy (non-hydrogen) atoms. The van der Waals surface area contributed by atoms with Crippen LogP contribution in [0.2, 0.25) is 0 Å². The normalized spacial score (nSPS) is 10.8. The van der Waals surface area contributed by atoms with Crippen LogP contribution in [-0.4, -0.2) is 50.1 Å². The molecular formula is C20H27N3OS. The van der Waals surface area contributed by atoms with E-state index in [1.165, 1.54) is 11.1 Å². The van der Waals surface area contributed by atoms with Crippen molar-refractivity contribution in [1.29, 1.82) is 0 Å². The van der Waals surface area contributed by atoms with Gasteiger partial charge in [0.05, 0.1) is 5.69 Å². The first kappa shape index (κ1) is 19.3. The molecule has 2 rings (SSSR count). The number of nitrogens with zero attached hydrogens (tertiary/aromatic N) is 2. The first-order chi connectivity index (χ1) is 12.0. The Balaban J connectivity index is 1.97. The number of urea groups is 1. The Morgan fingerprint density at radius 2 is 1.68 bits per heavy atom. The summed E-state index contributed by atoms with van der Waals surface area (Å²) >= 11 is 1.74. The Hall–Kier alpha value is -1.98. The molecule has 0 saturated carbocycles. The van der Waals surface area contributed by atoms with Crippen LogP contribution in [-0.2, 0) is 5.75 Å². The molecule has 2 amide bonds. The highest BCUT2D eigenvalue weighted by Gasteiger charge is 2.11. The molecule has 0 bridgehead atoms. The quantitative estimate of drug-likeness (QED) is 0.750. The Bertz CT molecular complexity index is 686. The van der Waals surface area contributed by atoms with Gasteiger partial charge in [-0.05, 0) is 38.7 Å². The van der Waals surface area contributed by atoms with E-state index in [1.54, 1.807) is 16.7 Å². The summed E-state index contributed by atoms with van der Waals surface area (Å²) in [5.41, 5.74) is 3.41. The summed E-state index contributed by atoms with van der Waals surface area (Å²) in [6.07, 6.45) is 0. The molecule has 0 spiro atoms. The Morgan fingerprint density at radius 3 is 2.36 bits per heavy atom. The van der Waals surface area contributed by atoms with E-state index in [-0.39, 0.29) is 6.03 Å². The second kappa shape index (κ2) is 9.49. The third-order valence-corrected chi connectivity index (χ3v) is 5.02. The minimum Gasteiger partial charge on any atom is -0.326 e. The molecule has 0 aliphatic rings. The van der Waals surface area contributed by atoms with E-state index in [9.17, 15) is 4.79 Å². The van der Waals surface area contributed by atoms with Gasteiger partial charge in [0.25, 0.3) is 0 Å². The first-order valence-corrected chi connectivity index (χ1v) is 9.38. The van der Waals surface area contributed by atoms with E-state index < -0.39 is 0 Å². The van der Waals surface area contributed by atoms with Gasteiger partial charge < -0.3 is 15.1 Å². The predicted molar refractivity (Wildman–Crippen MR) is 107 cm³/mol. The van der Waals surface area contributed by atoms with E-state index in [4.69, 9.17) is 0 Å². The van der Waals surface area contributed by atoms with Gasteiger partial charge >= 0.3 is 6.03 Å². The summed E-state index contributed by atoms with van der Waals surface area (Å²) in [5, 5.41) is 3.03. The highest BCUT2D eigenvalue weighted by Crippen LogP contribution is 2.30. The average Bonchev–Trinajstić information content (AvgIpc) is 2.60. The van der Waals surface area contributed by atoms with E-state index >= 15 is 0 Å². The fraction of sp³-hybridized carbons (Fsp3) is 0.350. The number of hydrogen-bond donors (Lipinski definition) is 1. The summed E-state index contributed by atoms with van der Waals surface area (Å²) in [4.78, 5) is 17.2. The van der Waals surface area contributed by atoms with Crippen molar-refractivity contribution in [3.63, 3.8) is 0 Å². The molecule has 0 saturated heterocycles. The fourth-order valence-electron chi connectivity index (χ4n) is 2.20. The Kier molecular flexibility index (Phi) is 7.34. The second-order valence-electron chi connectivity index (χ2n) is 6.43. The molecular weight excluding hydrogens is 330 g/mol. The molecule has 1 N–H and O–H groups in total. The van der Waals surface area contributed by atoms with Gasteiger partial charge in [-0.2, -0.15) is 0 Å². The number of amides is 2. The highest BCUT2D eigenvalue weighted by atomic mass is 32.2. The summed E-state index contributed by atoms with van der Waals surface area (Å²) in [6, 6.07) is 16.4. The number of anilines is 1. The molecule has 2 aromatic carbocycles. The SMILES string of the molecule is Cc1ccc(CSc2ccccc2NC(=O)N(C)CCN(C)C)cc1. The summed E-state index contributed by atoms with van der Waals surface area (Å²) < 4.78 is 0. The number of carbonyl (C=O) groups is 1. The van der Waals surface area contributed by atoms with Crippen molar-refractivity contribution in [3.8, 4) is 0 Å². The molecule has 0 aromatic heterocycles. The minimum atomic E-state index is -0.0785. The lowest BCUT2D eigenvalue weighted by atomic mass is 10.2. The third-order valence-electron chi connectivity index (χ3n) is 3.87. The summed E-state index contributed by atoms with van der Waals surface area (Å²) in [7, 11) is 5.83. The van der Waals surface area contributed by atoms with Gasteiger partial charge in [-0.15, -0.1) is 11.8 Å². The van der Waals surface area contributed by atoms with Crippen LogP contribution in [0.15, 0.2) is 53.4 Å². The van der Waals surface area contributed by atoms with Crippen LogP contribution >= 0.6 is 11.8 Å². The average molecular weight is 358 g/mol. The first-order valence-electron chi connectivity index (χ1n) is 8.40. The van der Waals surface area contributed by atoms with Gasteiger partial charge in [-0.3, -0.25) is 0 Å². The number of hydrogen-bond acceptors (Lipinski definition) is 3. The van der Waals surface area contributed by atoms with Gasteiger partial charge in [-0.1, -0.05) is 42.0 Å². The smallest absolute Gasteiger partial charge is 0.321 e. The van der Waals surface area contributed by atoms with Crippen LogP contribution in [0, 0.1) is 6.92 Å². The Labute approximate surface area is 155 Å². The van der Waals surface area contributed by atoms with Crippen LogP contribution in [0.25, 0.3) is 0 Å². The standard InChI is InChI=1S/C20H27N3OS/c1-16-9-11-17(12-10-16)15-25-19-8-6-5-7-18(19)21-20(24)23(4)14-13-22(2)3/h5-12H,13-15H2,1-4H3,(H,21,24). The topological polar surface area (TPSA) is 35.6 Å². The molecule has 4 nitrogen and oxygen atoms in total. The van der Waals surface area contributed by atoms with Crippen molar-refractivity contribution in [2.75, 3.05) is 39.5 Å². The van der Waals surface area contributed by atoms with E-state index in [2.05, 4.69) is 41.4 Å². The van der Waals surface area contributed by atoms with Crippen LogP contribution in [0.3, 0.4) is 0 Å². The van der Waals surface area contributed by atoms with E-state index in [0.29, 0.717) is 6.54 Å². The van der Waals surface area contributed by atoms with Gasteiger partial charge in [0.1, 0.15) is 0 Å². The van der Waals surface area contributed by atoms with Crippen LogP contribution in [0.5, 0.6) is 0 Å². The van der Waals surface area contributed by atoms with Gasteiger partial charge in [0.15, 0.2) is 0 Å². The molecule has 0 aliphatic heterocycles. The molecule has 5 heteroatoms. The number of nitrogens with one attached hydrogen (secondary N) is 1. The third kappa shape index (κ3) is 6.44. The molecule has 0 heterocycles. The monoisotopic (exact) mass is 357 g/mol. The van der Waals surface area contributed by atoms with Crippen molar-refractivity contribution in [2.45, 2.75) is 17.6 Å². The van der Waals surface area contributed by atoms with Crippen LogP contribution in [0.1, 0.15) is 11.1 Å². The highest BCUT2D eigenvalue weighted by molar-refractivity contribution is 7.98. The number of rotatable bonds is 7. The van der Waals surface area contributed by atoms with Crippen molar-refractivity contribution < 1.29 is 4.79 Å². The summed E-state index contributed by atoms with van der Waals surface area (Å²) in [6.45, 7) is 3.62. The number of likely N-dealkylation sites (N-methyl/N-ethyl adjacent to an activating group) is 2. The summed E-state index contributed by atoms with van der Waals surface area (Å²) in [5.74, 6) is 0.879. The van der Waals surface area contributed by atoms with Crippen LogP contribution < -0.4 is 5.32 Å². The van der Waals surface area contributed by atoms with Crippen molar-refractivity contribution in [3.05, 3.63) is 59.7 Å². The zero-order valence-corrected chi connectivity index (χ0v) is 16.3. The molecule has 134 valence electrons. The van der Waals surface area contributed by atoms with Crippen LogP contribution in [0.4, 0.5) is 10.5 Å². The number of benzene rings is 2. The maximum atomic E-state index is 12.4. The fourth-order valence-corrected chi connectivity index (χ4v) is 3.17. The maximum Gasteiger partial charge on any atom is 0.321 e. The van der Waals surface area contributed by atoms with E-state index in [1.807, 2.05) is 45.4 Å². The molecule has 2 aromatic rings. The lowest BCUT2D eigenvalue weighted by Crippen LogP contribution is -2.36. The van der Waals surface area contributed by atoms with E-state index in [0.717, 1.165) is 22.9 Å². The molecule has 0 radical (unpaired) electrons. The lowest BCUT2D eigenvalue weighted by Gasteiger charge is -2.21. The minimum absolute atomic E-state index is 0.0785. The molecule has 0 fully saturated rings. The zero-order valence-electron chi connectivity index (χ0n) is 15.5. The van der Waals surface area contributed by atoms with Crippen molar-refractivity contribution in [1.82, 2.24) is 9.80 Å².